The van der Waals surface area contributed by atoms with Crippen LogP contribution in [0.1, 0.15) is 41.7 Å². The third-order valence-corrected chi connectivity index (χ3v) is 4.03. The lowest BCUT2D eigenvalue weighted by Crippen LogP contribution is -2.28. The Morgan fingerprint density at radius 3 is 2.89 bits per heavy atom. The summed E-state index contributed by atoms with van der Waals surface area (Å²) in [5, 5.41) is 7.58. The highest BCUT2D eigenvalue weighted by Crippen LogP contribution is 2.32. The van der Waals surface area contributed by atoms with Crippen molar-refractivity contribution < 1.29 is 4.52 Å². The first-order valence-electron chi connectivity index (χ1n) is 7.01. The molecule has 4 rings (SSSR count). The van der Waals surface area contributed by atoms with Crippen molar-refractivity contribution in [2.75, 3.05) is 0 Å². The van der Waals surface area contributed by atoms with Gasteiger partial charge < -0.3 is 9.84 Å². The molecule has 0 saturated heterocycles. The van der Waals surface area contributed by atoms with Gasteiger partial charge in [0.15, 0.2) is 5.82 Å². The quantitative estimate of drug-likeness (QED) is 0.915. The van der Waals surface area contributed by atoms with Gasteiger partial charge in [-0.05, 0) is 36.3 Å². The molecule has 0 radical (unpaired) electrons. The van der Waals surface area contributed by atoms with E-state index in [9.17, 15) is 0 Å². The molecule has 1 fully saturated rings. The van der Waals surface area contributed by atoms with Crippen molar-refractivity contribution >= 4 is 0 Å². The van der Waals surface area contributed by atoms with Crippen LogP contribution in [0.15, 0.2) is 28.8 Å². The molecule has 0 spiro atoms. The molecule has 0 bridgehead atoms. The van der Waals surface area contributed by atoms with Gasteiger partial charge in [-0.25, -0.2) is 0 Å². The fourth-order valence-electron chi connectivity index (χ4n) is 2.70. The molecule has 1 aromatic carbocycles. The van der Waals surface area contributed by atoms with Crippen LogP contribution in [0, 0.1) is 5.92 Å². The fourth-order valence-corrected chi connectivity index (χ4v) is 2.70. The third kappa shape index (κ3) is 2.28. The molecule has 1 aliphatic carbocycles. The third-order valence-electron chi connectivity index (χ3n) is 4.03. The summed E-state index contributed by atoms with van der Waals surface area (Å²) in [6.45, 7) is 0.876. The molecule has 0 unspecified atom stereocenters. The van der Waals surface area contributed by atoms with Crippen molar-refractivity contribution in [2.45, 2.75) is 38.3 Å². The zero-order chi connectivity index (χ0) is 12.7. The predicted octanol–water partition coefficient (Wildman–Crippen LogP) is 2.41. The van der Waals surface area contributed by atoms with E-state index in [4.69, 9.17) is 4.52 Å². The summed E-state index contributed by atoms with van der Waals surface area (Å²) >= 11 is 0. The average Bonchev–Trinajstić information content (AvgIpc) is 3.14. The van der Waals surface area contributed by atoms with E-state index in [1.54, 1.807) is 0 Å². The van der Waals surface area contributed by atoms with Crippen LogP contribution in [-0.4, -0.2) is 10.1 Å². The molecule has 2 aromatic rings. The highest BCUT2D eigenvalue weighted by molar-refractivity contribution is 5.30. The van der Waals surface area contributed by atoms with Crippen LogP contribution in [0.3, 0.4) is 0 Å². The Labute approximate surface area is 112 Å². The summed E-state index contributed by atoms with van der Waals surface area (Å²) in [5.41, 5.74) is 2.75. The molecule has 4 nitrogen and oxygen atoms in total. The maximum Gasteiger partial charge on any atom is 0.244 e. The lowest BCUT2D eigenvalue weighted by atomic mass is 9.96. The zero-order valence-electron chi connectivity index (χ0n) is 10.8. The van der Waals surface area contributed by atoms with Gasteiger partial charge >= 0.3 is 0 Å². The SMILES string of the molecule is c1ccc2c(c1)CN[C@@H](c1nc(CC3CC3)no1)C2. The van der Waals surface area contributed by atoms with Crippen molar-refractivity contribution in [3.63, 3.8) is 0 Å². The van der Waals surface area contributed by atoms with Crippen LogP contribution in [-0.2, 0) is 19.4 Å². The van der Waals surface area contributed by atoms with E-state index < -0.39 is 0 Å². The minimum absolute atomic E-state index is 0.162. The van der Waals surface area contributed by atoms with Gasteiger partial charge in [0.05, 0.1) is 6.04 Å². The maximum absolute atomic E-state index is 5.42. The van der Waals surface area contributed by atoms with Crippen molar-refractivity contribution in [3.8, 4) is 0 Å². The van der Waals surface area contributed by atoms with Gasteiger partial charge in [-0.3, -0.25) is 0 Å². The van der Waals surface area contributed by atoms with E-state index >= 15 is 0 Å². The monoisotopic (exact) mass is 255 g/mol. The maximum atomic E-state index is 5.42. The zero-order valence-corrected chi connectivity index (χ0v) is 10.8. The summed E-state index contributed by atoms with van der Waals surface area (Å²) in [5.74, 6) is 2.41. The van der Waals surface area contributed by atoms with E-state index in [1.807, 2.05) is 0 Å². The Hall–Kier alpha value is -1.68. The fraction of sp³-hybridized carbons (Fsp3) is 0.467. The Balaban J connectivity index is 1.52. The Kier molecular flexibility index (Phi) is 2.62. The number of benzene rings is 1. The minimum atomic E-state index is 0.162. The molecule has 0 amide bonds. The van der Waals surface area contributed by atoms with Gasteiger partial charge in [0.25, 0.3) is 0 Å². The van der Waals surface area contributed by atoms with Crippen LogP contribution < -0.4 is 5.32 Å². The van der Waals surface area contributed by atoms with E-state index in [-0.39, 0.29) is 6.04 Å². The summed E-state index contributed by atoms with van der Waals surface area (Å²) in [6, 6.07) is 8.69. The predicted molar refractivity (Wildman–Crippen MR) is 70.5 cm³/mol. The summed E-state index contributed by atoms with van der Waals surface area (Å²) in [4.78, 5) is 4.55. The molecule has 1 N–H and O–H groups in total. The summed E-state index contributed by atoms with van der Waals surface area (Å²) < 4.78 is 5.42. The number of nitrogens with one attached hydrogen (secondary N) is 1. The smallest absolute Gasteiger partial charge is 0.244 e. The molecule has 1 saturated carbocycles. The normalized spacial score (nSPS) is 22.2. The second-order valence-electron chi connectivity index (χ2n) is 5.60. The van der Waals surface area contributed by atoms with Gasteiger partial charge in [-0.2, -0.15) is 4.98 Å². The lowest BCUT2D eigenvalue weighted by molar-refractivity contribution is 0.318. The molecule has 1 atom stereocenters. The highest BCUT2D eigenvalue weighted by atomic mass is 16.5. The molecule has 2 aliphatic rings. The van der Waals surface area contributed by atoms with Crippen molar-refractivity contribution in [1.82, 2.24) is 15.5 Å². The van der Waals surface area contributed by atoms with Crippen molar-refractivity contribution in [3.05, 3.63) is 47.1 Å². The number of nitrogens with zero attached hydrogens (tertiary/aromatic N) is 2. The molecule has 19 heavy (non-hydrogen) atoms. The van der Waals surface area contributed by atoms with Crippen molar-refractivity contribution in [2.24, 2.45) is 5.92 Å². The molecule has 98 valence electrons. The molecular formula is C15H17N3O. The average molecular weight is 255 g/mol. The first-order chi connectivity index (χ1) is 9.38. The molecule has 1 aliphatic heterocycles. The molecular weight excluding hydrogens is 238 g/mol. The van der Waals surface area contributed by atoms with Gasteiger partial charge in [-0.15, -0.1) is 0 Å². The number of hydrogen-bond acceptors (Lipinski definition) is 4. The van der Waals surface area contributed by atoms with E-state index in [0.717, 1.165) is 37.0 Å². The van der Waals surface area contributed by atoms with Gasteiger partial charge in [0.1, 0.15) is 0 Å². The summed E-state index contributed by atoms with van der Waals surface area (Å²) in [7, 11) is 0. The van der Waals surface area contributed by atoms with Crippen LogP contribution in [0.25, 0.3) is 0 Å². The Bertz CT molecular complexity index is 589. The lowest BCUT2D eigenvalue weighted by Gasteiger charge is -2.23. The molecule has 2 heterocycles. The van der Waals surface area contributed by atoms with Crippen LogP contribution >= 0.6 is 0 Å². The number of hydrogen-bond donors (Lipinski definition) is 1. The van der Waals surface area contributed by atoms with Gasteiger partial charge in [0.2, 0.25) is 5.89 Å². The van der Waals surface area contributed by atoms with Gasteiger partial charge in [0, 0.05) is 13.0 Å². The van der Waals surface area contributed by atoms with E-state index in [1.165, 1.54) is 24.0 Å². The second kappa shape index (κ2) is 4.46. The van der Waals surface area contributed by atoms with E-state index in [2.05, 4.69) is 39.7 Å². The number of fused-ring (bicyclic) bond motifs is 1. The van der Waals surface area contributed by atoms with Crippen LogP contribution in [0.4, 0.5) is 0 Å². The summed E-state index contributed by atoms with van der Waals surface area (Å²) in [6.07, 6.45) is 4.55. The molecule has 4 heteroatoms. The number of aromatic nitrogens is 2. The second-order valence-corrected chi connectivity index (χ2v) is 5.60. The Morgan fingerprint density at radius 1 is 1.21 bits per heavy atom. The number of rotatable bonds is 3. The van der Waals surface area contributed by atoms with Gasteiger partial charge in [-0.1, -0.05) is 29.4 Å². The minimum Gasteiger partial charge on any atom is -0.338 e. The topological polar surface area (TPSA) is 51.0 Å². The van der Waals surface area contributed by atoms with Crippen LogP contribution in [0.5, 0.6) is 0 Å². The highest BCUT2D eigenvalue weighted by Gasteiger charge is 2.27. The first-order valence-corrected chi connectivity index (χ1v) is 7.01. The Morgan fingerprint density at radius 2 is 2.05 bits per heavy atom. The van der Waals surface area contributed by atoms with E-state index in [0.29, 0.717) is 0 Å². The largest absolute Gasteiger partial charge is 0.338 e. The van der Waals surface area contributed by atoms with Crippen molar-refractivity contribution in [1.29, 1.82) is 0 Å². The molecule has 1 aromatic heterocycles. The standard InChI is InChI=1S/C15H17N3O/c1-2-4-12-9-16-13(8-11(12)3-1)15-17-14(18-19-15)7-10-5-6-10/h1-4,10,13,16H,5-9H2/t13-/m1/s1. The first kappa shape index (κ1) is 11.2. The van der Waals surface area contributed by atoms with Crippen LogP contribution in [0.2, 0.25) is 0 Å².